The highest BCUT2D eigenvalue weighted by Crippen LogP contribution is 2.38. The SMILES string of the molecule is CC/C=C\C/C=C\C/C=C\C/C=C\C/C=C\CCCCCCCCCCCC(=O)OC(/C=C\CCCCCCCCCCC)C(COP(=O)([O-])OCC[N+](C)(C)C)NC(=O)CCCCC/C=C\CCCCCCCC. The van der Waals surface area contributed by atoms with E-state index in [1.165, 1.54) is 116 Å². The number of nitrogens with one attached hydrogen (secondary N) is 1. The maximum Gasteiger partial charge on any atom is 0.306 e. The summed E-state index contributed by atoms with van der Waals surface area (Å²) in [6.07, 6.45) is 71.3. The van der Waals surface area contributed by atoms with Crippen molar-refractivity contribution in [2.75, 3.05) is 40.9 Å². The lowest BCUT2D eigenvalue weighted by Crippen LogP contribution is -2.47. The van der Waals surface area contributed by atoms with Gasteiger partial charge < -0.3 is 28.5 Å². The number of phosphoric acid groups is 1. The average Bonchev–Trinajstić information content (AvgIpc) is 3.37. The third kappa shape index (κ3) is 55.7. The van der Waals surface area contributed by atoms with Crippen molar-refractivity contribution in [2.45, 2.75) is 277 Å². The Morgan fingerprint density at radius 2 is 0.853 bits per heavy atom. The molecular weight excluding hydrogens is 952 g/mol. The van der Waals surface area contributed by atoms with E-state index in [1.54, 1.807) is 0 Å². The molecule has 0 aliphatic carbocycles. The Kier molecular flexibility index (Phi) is 52.5. The number of amides is 1. The maximum absolute atomic E-state index is 13.5. The summed E-state index contributed by atoms with van der Waals surface area (Å²) >= 11 is 0. The summed E-state index contributed by atoms with van der Waals surface area (Å²) < 4.78 is 30.2. The van der Waals surface area contributed by atoms with Gasteiger partial charge in [-0.25, -0.2) is 0 Å². The summed E-state index contributed by atoms with van der Waals surface area (Å²) in [5.41, 5.74) is 0. The molecule has 0 aromatic carbocycles. The fourth-order valence-corrected chi connectivity index (χ4v) is 9.27. The molecule has 3 atom stereocenters. The molecule has 75 heavy (non-hydrogen) atoms. The zero-order chi connectivity index (χ0) is 55.0. The van der Waals surface area contributed by atoms with Crippen LogP contribution in [-0.2, 0) is 27.9 Å². The number of hydrogen-bond acceptors (Lipinski definition) is 7. The van der Waals surface area contributed by atoms with Crippen LogP contribution in [0.25, 0.3) is 0 Å². The molecule has 434 valence electrons. The number of nitrogens with zero attached hydrogens (tertiary/aromatic N) is 1. The van der Waals surface area contributed by atoms with Crippen LogP contribution in [0.15, 0.2) is 85.1 Å². The third-order valence-electron chi connectivity index (χ3n) is 13.3. The molecule has 0 aliphatic rings. The van der Waals surface area contributed by atoms with Gasteiger partial charge in [0, 0.05) is 12.8 Å². The van der Waals surface area contributed by atoms with Crippen molar-refractivity contribution in [1.82, 2.24) is 5.32 Å². The van der Waals surface area contributed by atoms with Crippen LogP contribution >= 0.6 is 7.82 Å². The number of unbranched alkanes of at least 4 members (excludes halogenated alkanes) is 27. The number of rotatable bonds is 55. The van der Waals surface area contributed by atoms with Crippen molar-refractivity contribution in [1.29, 1.82) is 0 Å². The second kappa shape index (κ2) is 54.5. The van der Waals surface area contributed by atoms with Crippen LogP contribution in [0.4, 0.5) is 0 Å². The van der Waals surface area contributed by atoms with Crippen LogP contribution in [0, 0.1) is 0 Å². The molecule has 0 heterocycles. The van der Waals surface area contributed by atoms with E-state index < -0.39 is 26.6 Å². The van der Waals surface area contributed by atoms with E-state index in [0.717, 1.165) is 109 Å². The van der Waals surface area contributed by atoms with Gasteiger partial charge in [0.2, 0.25) is 5.91 Å². The quantitative estimate of drug-likeness (QED) is 0.0212. The molecule has 10 heteroatoms. The first-order valence-corrected chi connectivity index (χ1v) is 32.4. The fourth-order valence-electron chi connectivity index (χ4n) is 8.54. The first kappa shape index (κ1) is 72.2. The minimum atomic E-state index is -4.70. The lowest BCUT2D eigenvalue weighted by molar-refractivity contribution is -0.870. The Morgan fingerprint density at radius 1 is 0.480 bits per heavy atom. The number of carbonyl (C=O) groups is 2. The van der Waals surface area contributed by atoms with Crippen LogP contribution in [0.3, 0.4) is 0 Å². The van der Waals surface area contributed by atoms with E-state index >= 15 is 0 Å². The molecule has 0 rings (SSSR count). The average molecular weight is 1070 g/mol. The highest BCUT2D eigenvalue weighted by molar-refractivity contribution is 7.45. The largest absolute Gasteiger partial charge is 0.756 e. The predicted molar refractivity (Wildman–Crippen MR) is 321 cm³/mol. The van der Waals surface area contributed by atoms with E-state index in [-0.39, 0.29) is 24.9 Å². The molecule has 0 saturated heterocycles. The number of carbonyl (C=O) groups excluding carboxylic acids is 2. The van der Waals surface area contributed by atoms with Crippen LogP contribution in [0.5, 0.6) is 0 Å². The Bertz CT molecular complexity index is 1560. The molecule has 1 amide bonds. The number of allylic oxidation sites excluding steroid dienone is 13. The minimum Gasteiger partial charge on any atom is -0.756 e. The third-order valence-corrected chi connectivity index (χ3v) is 14.3. The molecule has 0 spiro atoms. The van der Waals surface area contributed by atoms with Gasteiger partial charge in [-0.3, -0.25) is 14.2 Å². The Balaban J connectivity index is 5.14. The van der Waals surface area contributed by atoms with Crippen LogP contribution in [0.1, 0.15) is 265 Å². The Labute approximate surface area is 463 Å². The van der Waals surface area contributed by atoms with E-state index in [2.05, 4.69) is 99.0 Å². The van der Waals surface area contributed by atoms with E-state index in [0.29, 0.717) is 23.9 Å². The molecule has 1 N–H and O–H groups in total. The number of ether oxygens (including phenoxy) is 1. The van der Waals surface area contributed by atoms with Crippen molar-refractivity contribution >= 4 is 19.7 Å². The van der Waals surface area contributed by atoms with Crippen molar-refractivity contribution in [3.05, 3.63) is 85.1 Å². The van der Waals surface area contributed by atoms with Gasteiger partial charge in [-0.05, 0) is 102 Å². The number of hydrogen-bond donors (Lipinski definition) is 1. The zero-order valence-electron chi connectivity index (χ0n) is 49.5. The second-order valence-electron chi connectivity index (χ2n) is 21.8. The summed E-state index contributed by atoms with van der Waals surface area (Å²) in [6.45, 7) is 6.70. The van der Waals surface area contributed by atoms with Crippen molar-refractivity contribution < 1.29 is 37.3 Å². The standard InChI is InChI=1S/C65H117N2O7P/c1-7-10-13-16-19-22-25-27-28-29-30-31-32-33-34-35-36-37-38-40-43-46-49-52-55-58-65(69)74-63(56-53-50-47-44-41-24-21-18-15-12-9-3)62(61-73-75(70,71)72-60-59-67(4,5)6)66-64(68)57-54-51-48-45-42-39-26-23-20-17-14-11-8-2/h10,13,19,22,27-28,30-31,33-34,39,42,53,56,62-63H,7-9,11-12,14-18,20-21,23-26,29,32,35-38,40-41,43-52,54-55,57-61H2,1-6H3,(H-,66,68,70,71)/b13-10-,22-19-,28-27-,31-30-,34-33-,42-39-,56-53-. The first-order chi connectivity index (χ1) is 36.4. The lowest BCUT2D eigenvalue weighted by atomic mass is 10.1. The molecule has 0 radical (unpaired) electrons. The highest BCUT2D eigenvalue weighted by atomic mass is 31.2. The lowest BCUT2D eigenvalue weighted by Gasteiger charge is -2.30. The molecule has 0 saturated carbocycles. The van der Waals surface area contributed by atoms with Gasteiger partial charge >= 0.3 is 5.97 Å². The molecule has 0 aliphatic heterocycles. The second-order valence-corrected chi connectivity index (χ2v) is 23.2. The molecule has 0 aromatic rings. The van der Waals surface area contributed by atoms with Crippen LogP contribution in [0.2, 0.25) is 0 Å². The van der Waals surface area contributed by atoms with Gasteiger partial charge in [-0.1, -0.05) is 235 Å². The monoisotopic (exact) mass is 1070 g/mol. The van der Waals surface area contributed by atoms with E-state index in [4.69, 9.17) is 13.8 Å². The fraction of sp³-hybridized carbons (Fsp3) is 0.754. The van der Waals surface area contributed by atoms with Crippen LogP contribution in [-0.4, -0.2) is 69.4 Å². The van der Waals surface area contributed by atoms with Crippen molar-refractivity contribution in [2.24, 2.45) is 0 Å². The smallest absolute Gasteiger partial charge is 0.306 e. The van der Waals surface area contributed by atoms with E-state index in [9.17, 15) is 19.0 Å². The molecule has 0 fully saturated rings. The first-order valence-electron chi connectivity index (χ1n) is 30.9. The maximum atomic E-state index is 13.5. The molecule has 3 unspecified atom stereocenters. The summed E-state index contributed by atoms with van der Waals surface area (Å²) in [6, 6.07) is -0.901. The van der Waals surface area contributed by atoms with Gasteiger partial charge in [-0.15, -0.1) is 0 Å². The zero-order valence-corrected chi connectivity index (χ0v) is 50.4. The molecule has 0 aromatic heterocycles. The minimum absolute atomic E-state index is 0.0287. The molecule has 9 nitrogen and oxygen atoms in total. The van der Waals surface area contributed by atoms with Gasteiger partial charge in [0.05, 0.1) is 33.8 Å². The van der Waals surface area contributed by atoms with Gasteiger partial charge in [0.25, 0.3) is 7.82 Å². The van der Waals surface area contributed by atoms with Gasteiger partial charge in [-0.2, -0.15) is 0 Å². The Morgan fingerprint density at radius 3 is 1.31 bits per heavy atom. The summed E-state index contributed by atoms with van der Waals surface area (Å²) in [5.74, 6) is -0.568. The Hall–Kier alpha value is -2.81. The van der Waals surface area contributed by atoms with Crippen molar-refractivity contribution in [3.63, 3.8) is 0 Å². The highest BCUT2D eigenvalue weighted by Gasteiger charge is 2.27. The normalized spacial score (nSPS) is 14.3. The molecule has 0 bridgehead atoms. The van der Waals surface area contributed by atoms with E-state index in [1.807, 2.05) is 33.3 Å². The number of likely N-dealkylation sites (N-methyl/N-ethyl adjacent to an activating group) is 1. The van der Waals surface area contributed by atoms with Gasteiger partial charge in [0.1, 0.15) is 19.3 Å². The predicted octanol–water partition coefficient (Wildman–Crippen LogP) is 18.4. The summed E-state index contributed by atoms with van der Waals surface area (Å²) in [7, 11) is 1.17. The number of quaternary nitrogens is 1. The van der Waals surface area contributed by atoms with Crippen LogP contribution < -0.4 is 10.2 Å². The summed E-state index contributed by atoms with van der Waals surface area (Å²) in [5, 5.41) is 3.01. The van der Waals surface area contributed by atoms with Crippen molar-refractivity contribution in [3.8, 4) is 0 Å². The topological polar surface area (TPSA) is 114 Å². The number of esters is 1. The summed E-state index contributed by atoms with van der Waals surface area (Å²) in [4.78, 5) is 39.9. The molecular formula is C65H117N2O7P. The number of phosphoric ester groups is 1. The van der Waals surface area contributed by atoms with Gasteiger partial charge in [0.15, 0.2) is 0 Å².